The quantitative estimate of drug-likeness (QED) is 0.845. The summed E-state index contributed by atoms with van der Waals surface area (Å²) >= 11 is 0. The zero-order valence-corrected chi connectivity index (χ0v) is 12.7. The number of pyridine rings is 1. The number of hydrogen-bond donors (Lipinski definition) is 1. The molecule has 6 heteroatoms. The van der Waals surface area contributed by atoms with E-state index < -0.39 is 5.91 Å². The summed E-state index contributed by atoms with van der Waals surface area (Å²) in [6.45, 7) is 4.98. The maximum Gasteiger partial charge on any atom is 0.310 e. The monoisotopic (exact) mass is 291 g/mol. The number of carbonyl (C=O) groups is 2. The predicted molar refractivity (Wildman–Crippen MR) is 79.2 cm³/mol. The summed E-state index contributed by atoms with van der Waals surface area (Å²) in [6, 6.07) is 1.84. The second-order valence-corrected chi connectivity index (χ2v) is 5.45. The molecule has 0 radical (unpaired) electrons. The largest absolute Gasteiger partial charge is 0.469 e. The van der Waals surface area contributed by atoms with Gasteiger partial charge < -0.3 is 15.4 Å². The molecule has 1 fully saturated rings. The van der Waals surface area contributed by atoms with E-state index >= 15 is 0 Å². The Kier molecular flexibility index (Phi) is 4.45. The molecule has 0 bridgehead atoms. The van der Waals surface area contributed by atoms with Crippen molar-refractivity contribution in [1.29, 1.82) is 0 Å². The summed E-state index contributed by atoms with van der Waals surface area (Å²) in [5.74, 6) is -0.319. The first-order chi connectivity index (χ1) is 9.93. The molecule has 21 heavy (non-hydrogen) atoms. The lowest BCUT2D eigenvalue weighted by molar-refractivity contribution is -0.145. The van der Waals surface area contributed by atoms with Crippen molar-refractivity contribution in [2.24, 2.45) is 11.7 Å². The summed E-state index contributed by atoms with van der Waals surface area (Å²) in [4.78, 5) is 29.9. The first-order valence-electron chi connectivity index (χ1n) is 7.05. The number of hydrogen-bond acceptors (Lipinski definition) is 5. The molecular formula is C15H21N3O3. The Morgan fingerprint density at radius 2 is 2.14 bits per heavy atom. The number of piperidine rings is 1. The van der Waals surface area contributed by atoms with Crippen molar-refractivity contribution < 1.29 is 14.3 Å². The van der Waals surface area contributed by atoms with Crippen LogP contribution in [0.3, 0.4) is 0 Å². The smallest absolute Gasteiger partial charge is 0.310 e. The Morgan fingerprint density at radius 1 is 1.43 bits per heavy atom. The molecule has 1 saturated heterocycles. The van der Waals surface area contributed by atoms with Crippen molar-refractivity contribution in [1.82, 2.24) is 4.98 Å². The molecule has 6 nitrogen and oxygen atoms in total. The van der Waals surface area contributed by atoms with E-state index in [1.165, 1.54) is 7.11 Å². The minimum absolute atomic E-state index is 0.188. The highest BCUT2D eigenvalue weighted by molar-refractivity contribution is 5.99. The van der Waals surface area contributed by atoms with E-state index in [0.717, 1.165) is 30.6 Å². The van der Waals surface area contributed by atoms with Crippen LogP contribution in [0.4, 0.5) is 5.82 Å². The van der Waals surface area contributed by atoms with Gasteiger partial charge in [-0.15, -0.1) is 0 Å². The SMILES string of the molecule is COC(=O)C1CCCN(c2nc(C)cc(C)c2C(N)=O)C1. The van der Waals surface area contributed by atoms with Gasteiger partial charge in [0.15, 0.2) is 0 Å². The molecule has 1 aromatic heterocycles. The molecule has 2 heterocycles. The van der Waals surface area contributed by atoms with Gasteiger partial charge in [0.2, 0.25) is 0 Å². The molecule has 2 N–H and O–H groups in total. The second-order valence-electron chi connectivity index (χ2n) is 5.45. The fraction of sp³-hybridized carbons (Fsp3) is 0.533. The minimum atomic E-state index is -0.491. The maximum atomic E-state index is 11.7. The van der Waals surface area contributed by atoms with Crippen LogP contribution in [-0.2, 0) is 9.53 Å². The van der Waals surface area contributed by atoms with Crippen LogP contribution in [0.2, 0.25) is 0 Å². The standard InChI is InChI=1S/C15H21N3O3/c1-9-7-10(2)17-14(12(9)13(16)19)18-6-4-5-11(8-18)15(20)21-3/h7,11H,4-6,8H2,1-3H3,(H2,16,19). The Hall–Kier alpha value is -2.11. The van der Waals surface area contributed by atoms with Gasteiger partial charge >= 0.3 is 5.97 Å². The zero-order chi connectivity index (χ0) is 15.6. The minimum Gasteiger partial charge on any atom is -0.469 e. The number of carbonyl (C=O) groups excluding carboxylic acids is 2. The number of ether oxygens (including phenoxy) is 1. The summed E-state index contributed by atoms with van der Waals surface area (Å²) in [6.07, 6.45) is 1.65. The highest BCUT2D eigenvalue weighted by atomic mass is 16.5. The summed E-state index contributed by atoms with van der Waals surface area (Å²) in [5, 5.41) is 0. The fourth-order valence-electron chi connectivity index (χ4n) is 2.88. The van der Waals surface area contributed by atoms with Crippen LogP contribution in [0.1, 0.15) is 34.5 Å². The Balaban J connectivity index is 2.37. The molecule has 1 unspecified atom stereocenters. The van der Waals surface area contributed by atoms with Crippen LogP contribution >= 0.6 is 0 Å². The fourth-order valence-corrected chi connectivity index (χ4v) is 2.88. The molecule has 1 atom stereocenters. The lowest BCUT2D eigenvalue weighted by atomic mass is 9.97. The van der Waals surface area contributed by atoms with Crippen molar-refractivity contribution >= 4 is 17.7 Å². The molecule has 0 aliphatic carbocycles. The molecule has 1 aromatic rings. The van der Waals surface area contributed by atoms with Gasteiger partial charge in [0, 0.05) is 18.8 Å². The van der Waals surface area contributed by atoms with Crippen molar-refractivity contribution in [2.75, 3.05) is 25.1 Å². The van der Waals surface area contributed by atoms with E-state index in [9.17, 15) is 9.59 Å². The van der Waals surface area contributed by atoms with Gasteiger partial charge in [0.25, 0.3) is 5.91 Å². The number of nitrogens with two attached hydrogens (primary N) is 1. The summed E-state index contributed by atoms with van der Waals surface area (Å²) < 4.78 is 4.82. The molecule has 114 valence electrons. The molecule has 0 aromatic carbocycles. The first kappa shape index (κ1) is 15.3. The van der Waals surface area contributed by atoms with E-state index in [1.807, 2.05) is 24.8 Å². The van der Waals surface area contributed by atoms with Crippen LogP contribution in [0.15, 0.2) is 6.07 Å². The van der Waals surface area contributed by atoms with Gasteiger partial charge in [-0.3, -0.25) is 9.59 Å². The number of methoxy groups -OCH3 is 1. The number of esters is 1. The third-order valence-electron chi connectivity index (χ3n) is 3.83. The zero-order valence-electron chi connectivity index (χ0n) is 12.7. The van der Waals surface area contributed by atoms with Gasteiger partial charge in [0.05, 0.1) is 18.6 Å². The van der Waals surface area contributed by atoms with E-state index in [0.29, 0.717) is 17.9 Å². The van der Waals surface area contributed by atoms with E-state index in [1.54, 1.807) is 0 Å². The number of rotatable bonds is 3. The van der Waals surface area contributed by atoms with Gasteiger partial charge in [-0.05, 0) is 38.3 Å². The molecule has 0 saturated carbocycles. The molecular weight excluding hydrogens is 270 g/mol. The Morgan fingerprint density at radius 3 is 2.76 bits per heavy atom. The summed E-state index contributed by atoms with van der Waals surface area (Å²) in [7, 11) is 1.39. The molecule has 0 spiro atoms. The number of aryl methyl sites for hydroxylation is 2. The molecule has 1 aliphatic heterocycles. The van der Waals surface area contributed by atoms with Crippen LogP contribution in [-0.4, -0.2) is 37.1 Å². The van der Waals surface area contributed by atoms with Gasteiger partial charge in [-0.2, -0.15) is 0 Å². The average Bonchev–Trinajstić information content (AvgIpc) is 2.45. The number of primary amides is 1. The van der Waals surface area contributed by atoms with Crippen LogP contribution in [0, 0.1) is 19.8 Å². The highest BCUT2D eigenvalue weighted by Gasteiger charge is 2.29. The van der Waals surface area contributed by atoms with E-state index in [4.69, 9.17) is 10.5 Å². The van der Waals surface area contributed by atoms with E-state index in [-0.39, 0.29) is 11.9 Å². The molecule has 2 rings (SSSR count). The summed E-state index contributed by atoms with van der Waals surface area (Å²) in [5.41, 5.74) is 7.57. The van der Waals surface area contributed by atoms with Gasteiger partial charge in [-0.25, -0.2) is 4.98 Å². The number of amides is 1. The second kappa shape index (κ2) is 6.11. The lowest BCUT2D eigenvalue weighted by Crippen LogP contribution is -2.40. The van der Waals surface area contributed by atoms with Crippen LogP contribution in [0.5, 0.6) is 0 Å². The lowest BCUT2D eigenvalue weighted by Gasteiger charge is -2.33. The first-order valence-corrected chi connectivity index (χ1v) is 7.05. The van der Waals surface area contributed by atoms with Crippen molar-refractivity contribution in [3.8, 4) is 0 Å². The number of nitrogens with zero attached hydrogens (tertiary/aromatic N) is 2. The van der Waals surface area contributed by atoms with Crippen molar-refractivity contribution in [3.63, 3.8) is 0 Å². The maximum absolute atomic E-state index is 11.7. The normalized spacial score (nSPS) is 18.4. The number of anilines is 1. The average molecular weight is 291 g/mol. The topological polar surface area (TPSA) is 85.5 Å². The van der Waals surface area contributed by atoms with Gasteiger partial charge in [0.1, 0.15) is 5.82 Å². The number of aromatic nitrogens is 1. The van der Waals surface area contributed by atoms with Crippen LogP contribution < -0.4 is 10.6 Å². The third-order valence-corrected chi connectivity index (χ3v) is 3.83. The molecule has 1 aliphatic rings. The van der Waals surface area contributed by atoms with Crippen molar-refractivity contribution in [2.45, 2.75) is 26.7 Å². The Labute approximate surface area is 124 Å². The van der Waals surface area contributed by atoms with E-state index in [2.05, 4.69) is 4.98 Å². The van der Waals surface area contributed by atoms with Crippen LogP contribution in [0.25, 0.3) is 0 Å². The third kappa shape index (κ3) is 3.15. The highest BCUT2D eigenvalue weighted by Crippen LogP contribution is 2.27. The molecule has 1 amide bonds. The Bertz CT molecular complexity index is 572. The van der Waals surface area contributed by atoms with Crippen molar-refractivity contribution in [3.05, 3.63) is 22.9 Å². The van der Waals surface area contributed by atoms with Gasteiger partial charge in [-0.1, -0.05) is 0 Å². The predicted octanol–water partition coefficient (Wildman–Crippen LogP) is 1.19.